The maximum Gasteiger partial charge on any atom is 0.0991 e. The average Bonchev–Trinajstić information content (AvgIpc) is 4.03. The van der Waals surface area contributed by atoms with Gasteiger partial charge in [-0.25, -0.2) is 0 Å². The molecule has 0 atom stereocenters. The molecule has 0 spiro atoms. The molecule has 3 heterocycles. The van der Waals surface area contributed by atoms with E-state index in [1.54, 1.807) is 0 Å². The molecule has 0 unspecified atom stereocenters. The maximum absolute atomic E-state index is 9.76. The van der Waals surface area contributed by atoms with Gasteiger partial charge in [-0.1, -0.05) is 96.1 Å². The minimum Gasteiger partial charge on any atom is -0.309 e. The third-order valence-electron chi connectivity index (χ3n) is 14.0. The van der Waals surface area contributed by atoms with Gasteiger partial charge in [-0.3, -0.25) is 0 Å². The van der Waals surface area contributed by atoms with Crippen molar-refractivity contribution >= 4 is 65.4 Å². The summed E-state index contributed by atoms with van der Waals surface area (Å²) in [4.78, 5) is 0. The second-order valence-electron chi connectivity index (χ2n) is 18.2. The van der Waals surface area contributed by atoms with Crippen molar-refractivity contribution in [1.29, 1.82) is 10.5 Å². The van der Waals surface area contributed by atoms with Crippen LogP contribution in [0.15, 0.2) is 212 Å². The van der Waals surface area contributed by atoms with Gasteiger partial charge in [0.2, 0.25) is 0 Å². The van der Waals surface area contributed by atoms with Crippen LogP contribution in [-0.4, -0.2) is 13.7 Å². The van der Waals surface area contributed by atoms with Crippen LogP contribution in [0.2, 0.25) is 0 Å². The first-order valence-corrected chi connectivity index (χ1v) is 23.3. The number of fused-ring (bicyclic) bond motifs is 9. The highest BCUT2D eigenvalue weighted by Gasteiger charge is 2.17. The van der Waals surface area contributed by atoms with E-state index in [0.29, 0.717) is 11.1 Å². The van der Waals surface area contributed by atoms with E-state index in [4.69, 9.17) is 0 Å². The van der Waals surface area contributed by atoms with Gasteiger partial charge in [0.05, 0.1) is 56.4 Å². The fourth-order valence-corrected chi connectivity index (χ4v) is 10.7. The normalized spacial score (nSPS) is 11.6. The summed E-state index contributed by atoms with van der Waals surface area (Å²) in [5, 5.41) is 26.4. The Morgan fingerprint density at radius 2 is 0.580 bits per heavy atom. The highest BCUT2D eigenvalue weighted by atomic mass is 15.0. The smallest absolute Gasteiger partial charge is 0.0991 e. The van der Waals surface area contributed by atoms with Crippen molar-refractivity contribution in [3.05, 3.63) is 235 Å². The molecule has 0 aliphatic rings. The number of rotatable bonds is 6. The van der Waals surface area contributed by atoms with Crippen LogP contribution in [0.5, 0.6) is 0 Å². The Morgan fingerprint density at radius 3 is 0.928 bits per heavy atom. The van der Waals surface area contributed by atoms with Gasteiger partial charge < -0.3 is 13.7 Å². The minimum absolute atomic E-state index is 0.586. The predicted molar refractivity (Wildman–Crippen MR) is 285 cm³/mol. The summed E-state index contributed by atoms with van der Waals surface area (Å²) in [6.45, 7) is 4.32. The number of hydrogen-bond acceptors (Lipinski definition) is 2. The molecule has 0 radical (unpaired) electrons. The number of nitriles is 2. The minimum atomic E-state index is 0.586. The molecule has 10 aromatic carbocycles. The second kappa shape index (κ2) is 15.6. The summed E-state index contributed by atoms with van der Waals surface area (Å²) >= 11 is 0. The number of hydrogen-bond donors (Lipinski definition) is 0. The van der Waals surface area contributed by atoms with Gasteiger partial charge in [0, 0.05) is 49.4 Å². The topological polar surface area (TPSA) is 62.4 Å². The van der Waals surface area contributed by atoms with E-state index in [2.05, 4.69) is 216 Å². The molecule has 5 nitrogen and oxygen atoms in total. The second-order valence-corrected chi connectivity index (χ2v) is 18.2. The molecule has 13 aromatic rings. The molecule has 0 aliphatic carbocycles. The van der Waals surface area contributed by atoms with E-state index >= 15 is 0 Å². The van der Waals surface area contributed by atoms with Gasteiger partial charge in [0.25, 0.3) is 0 Å². The molecule has 0 aliphatic heterocycles. The average molecular weight is 880 g/mol. The molecule has 0 fully saturated rings. The first kappa shape index (κ1) is 39.9. The third kappa shape index (κ3) is 6.44. The molecule has 0 saturated carbocycles. The number of aromatic nitrogens is 3. The van der Waals surface area contributed by atoms with E-state index in [-0.39, 0.29) is 0 Å². The van der Waals surface area contributed by atoms with Crippen molar-refractivity contribution in [2.24, 2.45) is 0 Å². The lowest BCUT2D eigenvalue weighted by Crippen LogP contribution is -1.95. The zero-order valence-electron chi connectivity index (χ0n) is 37.9. The predicted octanol–water partition coefficient (Wildman–Crippen LogP) is 16.3. The van der Waals surface area contributed by atoms with E-state index in [0.717, 1.165) is 72.2 Å². The van der Waals surface area contributed by atoms with Gasteiger partial charge >= 0.3 is 0 Å². The van der Waals surface area contributed by atoms with Crippen molar-refractivity contribution < 1.29 is 0 Å². The summed E-state index contributed by atoms with van der Waals surface area (Å²) < 4.78 is 6.97. The van der Waals surface area contributed by atoms with Gasteiger partial charge in [0.1, 0.15) is 0 Å². The number of para-hydroxylation sites is 2. The number of benzene rings is 10. The van der Waals surface area contributed by atoms with E-state index < -0.39 is 0 Å². The number of aryl methyl sites for hydroxylation is 2. The van der Waals surface area contributed by atoms with Crippen molar-refractivity contribution in [2.45, 2.75) is 13.8 Å². The van der Waals surface area contributed by atoms with E-state index in [1.807, 2.05) is 36.4 Å². The summed E-state index contributed by atoms with van der Waals surface area (Å²) in [7, 11) is 0. The molecule has 13 rings (SSSR count). The third-order valence-corrected chi connectivity index (χ3v) is 14.0. The highest BCUT2D eigenvalue weighted by Crippen LogP contribution is 2.39. The molecular weight excluding hydrogens is 839 g/mol. The lowest BCUT2D eigenvalue weighted by atomic mass is 9.93. The van der Waals surface area contributed by atoms with Crippen LogP contribution in [0.3, 0.4) is 0 Å². The highest BCUT2D eigenvalue weighted by molar-refractivity contribution is 6.12. The first-order chi connectivity index (χ1) is 33.9. The monoisotopic (exact) mass is 879 g/mol. The Bertz CT molecular complexity index is 4130. The van der Waals surface area contributed by atoms with Crippen molar-refractivity contribution in [1.82, 2.24) is 13.7 Å². The van der Waals surface area contributed by atoms with Crippen molar-refractivity contribution in [3.8, 4) is 62.6 Å². The largest absolute Gasteiger partial charge is 0.309 e. The first-order valence-electron chi connectivity index (χ1n) is 23.3. The maximum atomic E-state index is 9.76. The van der Waals surface area contributed by atoms with Crippen molar-refractivity contribution in [2.75, 3.05) is 0 Å². The van der Waals surface area contributed by atoms with Crippen LogP contribution in [-0.2, 0) is 0 Å². The van der Waals surface area contributed by atoms with Gasteiger partial charge in [-0.05, 0) is 175 Å². The van der Waals surface area contributed by atoms with Crippen LogP contribution in [0.1, 0.15) is 22.3 Å². The summed E-state index contributed by atoms with van der Waals surface area (Å²) in [6.07, 6.45) is 0. The Balaban J connectivity index is 0.935. The molecule has 0 N–H and O–H groups in total. The zero-order valence-corrected chi connectivity index (χ0v) is 37.9. The van der Waals surface area contributed by atoms with Crippen molar-refractivity contribution in [3.63, 3.8) is 0 Å². The summed E-state index contributed by atoms with van der Waals surface area (Å²) in [5.41, 5.74) is 20.4. The Labute approximate surface area is 398 Å². The fraction of sp³-hybridized carbons (Fsp3) is 0.0312. The summed E-state index contributed by atoms with van der Waals surface area (Å²) in [6, 6.07) is 80.6. The Hall–Kier alpha value is -9.42. The Kier molecular flexibility index (Phi) is 9.02. The Morgan fingerprint density at radius 1 is 0.275 bits per heavy atom. The molecule has 5 heteroatoms. The molecule has 322 valence electrons. The molecule has 69 heavy (non-hydrogen) atoms. The van der Waals surface area contributed by atoms with Gasteiger partial charge in [0.15, 0.2) is 0 Å². The quantitative estimate of drug-likeness (QED) is 0.167. The lowest BCUT2D eigenvalue weighted by Gasteiger charge is -2.14. The van der Waals surface area contributed by atoms with E-state index in [1.165, 1.54) is 54.7 Å². The molecule has 0 bridgehead atoms. The van der Waals surface area contributed by atoms with Crippen LogP contribution in [0.25, 0.3) is 116 Å². The fourth-order valence-electron chi connectivity index (χ4n) is 10.7. The van der Waals surface area contributed by atoms with Crippen LogP contribution < -0.4 is 0 Å². The molecule has 0 saturated heterocycles. The zero-order chi connectivity index (χ0) is 46.3. The van der Waals surface area contributed by atoms with Gasteiger partial charge in [-0.2, -0.15) is 10.5 Å². The molecule has 3 aromatic heterocycles. The number of nitrogens with zero attached hydrogens (tertiary/aromatic N) is 5. The SMILES string of the molecule is Cc1ccc2c(c1)c1cc(C)ccc1n2-c1ccc(-c2cc(-c3ccc(-n4c5ccccc5c5ccccc54)cc3)cc(-c3ccc(-n4c5ccc(C#N)cc5c5cc(C#N)ccc54)cc3)c2)cc1. The molecular formula is C64H41N5. The summed E-state index contributed by atoms with van der Waals surface area (Å²) in [5.74, 6) is 0. The van der Waals surface area contributed by atoms with Gasteiger partial charge in [-0.15, -0.1) is 0 Å². The van der Waals surface area contributed by atoms with E-state index in [9.17, 15) is 10.5 Å². The lowest BCUT2D eigenvalue weighted by molar-refractivity contribution is 1.18. The van der Waals surface area contributed by atoms with Crippen LogP contribution in [0.4, 0.5) is 0 Å². The standard InChI is InChI=1S/C64H41N5/c1-40-11-27-61-55(31-40)56-32-41(2)12-28-62(56)68(61)51-23-17-45(18-24-51)48-35-47(44-15-21-50(22-16-44)67-59-9-5-3-7-53(59)54-8-4-6-10-60(54)67)36-49(37-48)46-19-25-52(26-20-46)69-63-29-13-42(38-65)33-57(63)58-34-43(39-66)14-30-64(58)69/h3-37H,1-2H3. The van der Waals surface area contributed by atoms with Crippen LogP contribution in [0, 0.1) is 36.5 Å². The molecule has 0 amide bonds. The van der Waals surface area contributed by atoms with Crippen LogP contribution >= 0.6 is 0 Å².